The zero-order valence-corrected chi connectivity index (χ0v) is 9.72. The van der Waals surface area contributed by atoms with E-state index in [9.17, 15) is 9.90 Å². The summed E-state index contributed by atoms with van der Waals surface area (Å²) in [6.07, 6.45) is -0.692. The van der Waals surface area contributed by atoms with Gasteiger partial charge in [0.25, 0.3) is 0 Å². The van der Waals surface area contributed by atoms with E-state index in [0.29, 0.717) is 16.9 Å². The van der Waals surface area contributed by atoms with Crippen LogP contribution in [0.4, 0.5) is 0 Å². The molecule has 4 nitrogen and oxygen atoms in total. The first kappa shape index (κ1) is 13.3. The Bertz CT molecular complexity index is 394. The topological polar surface area (TPSA) is 66.8 Å². The molecule has 0 bridgehead atoms. The van der Waals surface area contributed by atoms with Gasteiger partial charge >= 0.3 is 5.97 Å². The van der Waals surface area contributed by atoms with Crippen molar-refractivity contribution in [1.29, 1.82) is 0 Å². The maximum atomic E-state index is 10.5. The smallest absolute Gasteiger partial charge is 0.307 e. The van der Waals surface area contributed by atoms with Crippen molar-refractivity contribution < 1.29 is 19.7 Å². The van der Waals surface area contributed by atoms with Crippen molar-refractivity contribution >= 4 is 5.97 Å². The van der Waals surface area contributed by atoms with Gasteiger partial charge in [0.15, 0.2) is 0 Å². The lowest BCUT2D eigenvalue weighted by atomic mass is 10.1. The molecule has 0 radical (unpaired) electrons. The number of aliphatic hydroxyl groups is 1. The van der Waals surface area contributed by atoms with E-state index in [1.807, 2.05) is 0 Å². The molecule has 0 aromatic heterocycles. The maximum absolute atomic E-state index is 10.5. The van der Waals surface area contributed by atoms with Crippen molar-refractivity contribution in [2.45, 2.75) is 19.4 Å². The zero-order chi connectivity index (χ0) is 12.8. The third kappa shape index (κ3) is 4.70. The number of benzene rings is 1. The molecule has 0 fully saturated rings. The summed E-state index contributed by atoms with van der Waals surface area (Å²) in [4.78, 5) is 10.5. The summed E-state index contributed by atoms with van der Waals surface area (Å²) >= 11 is 0. The van der Waals surface area contributed by atoms with Crippen molar-refractivity contribution in [1.82, 2.24) is 0 Å². The number of aliphatic carboxylic acids is 1. The summed E-state index contributed by atoms with van der Waals surface area (Å²) in [5, 5.41) is 18.1. The molecule has 0 saturated carbocycles. The minimum Gasteiger partial charge on any atom is -0.491 e. The van der Waals surface area contributed by atoms with Crippen LogP contribution in [-0.2, 0) is 11.2 Å². The molecule has 0 aliphatic heterocycles. The van der Waals surface area contributed by atoms with E-state index in [4.69, 9.17) is 9.84 Å². The van der Waals surface area contributed by atoms with Gasteiger partial charge in [0, 0.05) is 0 Å². The molecule has 0 amide bonds. The highest BCUT2D eigenvalue weighted by Gasteiger charge is 2.05. The average Bonchev–Trinajstić information content (AvgIpc) is 2.26. The molecule has 17 heavy (non-hydrogen) atoms. The molecule has 0 spiro atoms. The van der Waals surface area contributed by atoms with Gasteiger partial charge < -0.3 is 14.9 Å². The first-order valence-corrected chi connectivity index (χ1v) is 5.26. The van der Waals surface area contributed by atoms with E-state index in [1.165, 1.54) is 0 Å². The highest BCUT2D eigenvalue weighted by atomic mass is 16.5. The molecule has 2 N–H and O–H groups in total. The van der Waals surface area contributed by atoms with E-state index in [1.54, 1.807) is 31.2 Å². The zero-order valence-electron chi connectivity index (χ0n) is 9.72. The second kappa shape index (κ2) is 6.06. The summed E-state index contributed by atoms with van der Waals surface area (Å²) in [5.74, 6) is -0.268. The van der Waals surface area contributed by atoms with Crippen LogP contribution in [0.1, 0.15) is 12.5 Å². The van der Waals surface area contributed by atoms with Gasteiger partial charge in [-0.1, -0.05) is 18.7 Å². The number of hydrogen-bond acceptors (Lipinski definition) is 3. The third-order valence-corrected chi connectivity index (χ3v) is 2.26. The Kier molecular flexibility index (Phi) is 4.72. The van der Waals surface area contributed by atoms with Gasteiger partial charge in [-0.05, 0) is 30.2 Å². The monoisotopic (exact) mass is 236 g/mol. The largest absolute Gasteiger partial charge is 0.491 e. The van der Waals surface area contributed by atoms with Gasteiger partial charge in [-0.25, -0.2) is 0 Å². The van der Waals surface area contributed by atoms with Crippen LogP contribution in [0.25, 0.3) is 0 Å². The first-order chi connectivity index (χ1) is 7.99. The van der Waals surface area contributed by atoms with Crippen molar-refractivity contribution in [3.63, 3.8) is 0 Å². The third-order valence-electron chi connectivity index (χ3n) is 2.26. The molecule has 92 valence electrons. The minimum absolute atomic E-state index is 0.00529. The number of ether oxygens (including phenoxy) is 1. The number of aliphatic hydroxyl groups excluding tert-OH is 1. The standard InChI is InChI=1S/C13H16O4/c1-9(2)12(14)8-17-11-5-3-10(4-6-11)7-13(15)16/h3-6,12,14H,1,7-8H2,2H3,(H,15,16)/t12-/m0/s1. The predicted octanol–water partition coefficient (Wildman–Crippen LogP) is 1.63. The minimum atomic E-state index is -0.864. The molecule has 1 rings (SSSR count). The summed E-state index contributed by atoms with van der Waals surface area (Å²) in [6, 6.07) is 6.75. The summed E-state index contributed by atoms with van der Waals surface area (Å²) in [7, 11) is 0. The SMILES string of the molecule is C=C(C)[C@@H](O)COc1ccc(CC(=O)O)cc1. The number of carbonyl (C=O) groups is 1. The summed E-state index contributed by atoms with van der Waals surface area (Å²) < 4.78 is 5.33. The van der Waals surface area contributed by atoms with Crippen molar-refractivity contribution in [2.24, 2.45) is 0 Å². The molecule has 0 heterocycles. The lowest BCUT2D eigenvalue weighted by Gasteiger charge is -2.12. The van der Waals surface area contributed by atoms with Gasteiger partial charge in [0.1, 0.15) is 18.5 Å². The fourth-order valence-electron chi connectivity index (χ4n) is 1.20. The fraction of sp³-hybridized carbons (Fsp3) is 0.308. The number of hydrogen-bond donors (Lipinski definition) is 2. The molecule has 0 saturated heterocycles. The Morgan fingerprint density at radius 2 is 2.00 bits per heavy atom. The van der Waals surface area contributed by atoms with Crippen LogP contribution in [-0.4, -0.2) is 28.9 Å². The van der Waals surface area contributed by atoms with E-state index in [-0.39, 0.29) is 13.0 Å². The first-order valence-electron chi connectivity index (χ1n) is 5.26. The predicted molar refractivity (Wildman–Crippen MR) is 64.1 cm³/mol. The molecule has 0 aliphatic rings. The molecule has 1 atom stereocenters. The number of rotatable bonds is 6. The maximum Gasteiger partial charge on any atom is 0.307 e. The van der Waals surface area contributed by atoms with Crippen LogP contribution in [0, 0.1) is 0 Å². The van der Waals surface area contributed by atoms with Gasteiger partial charge in [-0.15, -0.1) is 0 Å². The average molecular weight is 236 g/mol. The van der Waals surface area contributed by atoms with Crippen LogP contribution in [0.15, 0.2) is 36.4 Å². The molecule has 0 unspecified atom stereocenters. The lowest BCUT2D eigenvalue weighted by molar-refractivity contribution is -0.136. The van der Waals surface area contributed by atoms with Crippen LogP contribution in [0.3, 0.4) is 0 Å². The highest BCUT2D eigenvalue weighted by Crippen LogP contribution is 2.13. The van der Waals surface area contributed by atoms with Crippen molar-refractivity contribution in [2.75, 3.05) is 6.61 Å². The lowest BCUT2D eigenvalue weighted by Crippen LogP contribution is -2.18. The summed E-state index contributed by atoms with van der Waals surface area (Å²) in [6.45, 7) is 5.49. The van der Waals surface area contributed by atoms with E-state index < -0.39 is 12.1 Å². The Morgan fingerprint density at radius 3 is 2.47 bits per heavy atom. The highest BCUT2D eigenvalue weighted by molar-refractivity contribution is 5.70. The van der Waals surface area contributed by atoms with Gasteiger partial charge in [0.05, 0.1) is 6.42 Å². The van der Waals surface area contributed by atoms with Gasteiger partial charge in [-0.2, -0.15) is 0 Å². The van der Waals surface area contributed by atoms with Crippen LogP contribution in [0.5, 0.6) is 5.75 Å². The molecular formula is C13H16O4. The van der Waals surface area contributed by atoms with Gasteiger partial charge in [0.2, 0.25) is 0 Å². The molecular weight excluding hydrogens is 220 g/mol. The Hall–Kier alpha value is -1.81. The van der Waals surface area contributed by atoms with Crippen molar-refractivity contribution in [3.05, 3.63) is 42.0 Å². The van der Waals surface area contributed by atoms with Crippen molar-refractivity contribution in [3.8, 4) is 5.75 Å². The number of carboxylic acid groups (broad SMARTS) is 1. The van der Waals surface area contributed by atoms with Crippen LogP contribution >= 0.6 is 0 Å². The molecule has 1 aromatic carbocycles. The molecule has 0 aliphatic carbocycles. The van der Waals surface area contributed by atoms with E-state index in [0.717, 1.165) is 0 Å². The van der Waals surface area contributed by atoms with Crippen LogP contribution < -0.4 is 4.74 Å². The normalized spacial score (nSPS) is 11.9. The Balaban J connectivity index is 2.51. The molecule has 1 aromatic rings. The second-order valence-corrected chi connectivity index (χ2v) is 3.89. The van der Waals surface area contributed by atoms with Crippen LogP contribution in [0.2, 0.25) is 0 Å². The fourth-order valence-corrected chi connectivity index (χ4v) is 1.20. The Labute approximate surface area is 100 Å². The quantitative estimate of drug-likeness (QED) is 0.737. The van der Waals surface area contributed by atoms with E-state index >= 15 is 0 Å². The second-order valence-electron chi connectivity index (χ2n) is 3.89. The summed E-state index contributed by atoms with van der Waals surface area (Å²) in [5.41, 5.74) is 1.36. The number of carboxylic acids is 1. The Morgan fingerprint density at radius 1 is 1.41 bits per heavy atom. The van der Waals surface area contributed by atoms with Gasteiger partial charge in [-0.3, -0.25) is 4.79 Å². The van der Waals surface area contributed by atoms with E-state index in [2.05, 4.69) is 6.58 Å². The molecule has 4 heteroatoms.